The van der Waals surface area contributed by atoms with E-state index in [1.165, 1.54) is 31.1 Å². The van der Waals surface area contributed by atoms with Crippen LogP contribution in [0.2, 0.25) is 0 Å². The molecule has 4 nitrogen and oxygen atoms in total. The van der Waals surface area contributed by atoms with Crippen molar-refractivity contribution < 1.29 is 8.42 Å². The van der Waals surface area contributed by atoms with Crippen molar-refractivity contribution in [3.8, 4) is 0 Å². The van der Waals surface area contributed by atoms with Crippen molar-refractivity contribution >= 4 is 28.6 Å². The summed E-state index contributed by atoms with van der Waals surface area (Å²) in [7, 11) is -3.63. The largest absolute Gasteiger partial charge is 0.371 e. The fourth-order valence-corrected chi connectivity index (χ4v) is 3.38. The number of likely N-dealkylation sites (tertiary alicyclic amines) is 1. The maximum atomic E-state index is 12.2. The average Bonchev–Trinajstić information content (AvgIpc) is 2.55. The number of sulfonamides is 1. The van der Waals surface area contributed by atoms with Gasteiger partial charge in [-0.2, -0.15) is 12.8 Å². The molecule has 1 heterocycles. The average molecular weight is 369 g/mol. The molecule has 0 spiro atoms. The summed E-state index contributed by atoms with van der Waals surface area (Å²) in [6, 6.07) is 8.28. The summed E-state index contributed by atoms with van der Waals surface area (Å²) < 4.78 is 28.1. The highest BCUT2D eigenvalue weighted by Crippen LogP contribution is 2.17. The number of halogens is 1. The van der Waals surface area contributed by atoms with Crippen LogP contribution >= 0.6 is 12.4 Å². The van der Waals surface area contributed by atoms with Gasteiger partial charge in [0, 0.05) is 25.0 Å². The van der Waals surface area contributed by atoms with Gasteiger partial charge in [0.1, 0.15) is 0 Å². The zero-order valence-corrected chi connectivity index (χ0v) is 15.8. The molecule has 0 aromatic heterocycles. The fraction of sp³-hybridized carbons (Fsp3) is 0.389. The predicted octanol–water partition coefficient (Wildman–Crippen LogP) is 4.20. The lowest BCUT2D eigenvalue weighted by atomic mass is 10.1. The Bertz CT molecular complexity index is 700. The van der Waals surface area contributed by atoms with Crippen molar-refractivity contribution in [2.75, 3.05) is 13.1 Å². The van der Waals surface area contributed by atoms with Crippen molar-refractivity contribution in [2.24, 2.45) is 4.40 Å². The molecule has 0 unspecified atom stereocenters. The van der Waals surface area contributed by atoms with Gasteiger partial charge >= 0.3 is 0 Å². The van der Waals surface area contributed by atoms with Gasteiger partial charge in [-0.15, -0.1) is 12.4 Å². The number of nitrogens with zero attached hydrogens (tertiary/aromatic N) is 2. The van der Waals surface area contributed by atoms with Gasteiger partial charge < -0.3 is 4.90 Å². The minimum absolute atomic E-state index is 0. The van der Waals surface area contributed by atoms with Gasteiger partial charge in [-0.25, -0.2) is 0 Å². The van der Waals surface area contributed by atoms with Crippen LogP contribution in [0.25, 0.3) is 0 Å². The summed E-state index contributed by atoms with van der Waals surface area (Å²) in [6.45, 7) is 6.09. The van der Waals surface area contributed by atoms with Crippen molar-refractivity contribution in [3.05, 3.63) is 53.8 Å². The van der Waals surface area contributed by atoms with E-state index in [1.807, 2.05) is 13.8 Å². The van der Waals surface area contributed by atoms with Crippen molar-refractivity contribution in [2.45, 2.75) is 38.0 Å². The summed E-state index contributed by atoms with van der Waals surface area (Å²) in [4.78, 5) is 2.50. The maximum Gasteiger partial charge on any atom is 0.282 e. The number of hydrogen-bond donors (Lipinski definition) is 0. The van der Waals surface area contributed by atoms with E-state index in [1.54, 1.807) is 36.4 Å². The van der Waals surface area contributed by atoms with Crippen LogP contribution in [-0.2, 0) is 10.0 Å². The van der Waals surface area contributed by atoms with E-state index >= 15 is 0 Å². The van der Waals surface area contributed by atoms with Crippen molar-refractivity contribution in [3.63, 3.8) is 0 Å². The Kier molecular flexibility index (Phi) is 8.22. The second-order valence-corrected chi connectivity index (χ2v) is 7.54. The molecule has 2 rings (SSSR count). The van der Waals surface area contributed by atoms with Gasteiger partial charge in [-0.1, -0.05) is 23.8 Å². The molecule has 1 aromatic rings. The highest BCUT2D eigenvalue weighted by atomic mass is 35.5. The molecular formula is C18H25ClN2O2S. The second-order valence-electron chi connectivity index (χ2n) is 5.90. The third-order valence-corrected chi connectivity index (χ3v) is 4.91. The molecule has 0 N–H and O–H groups in total. The van der Waals surface area contributed by atoms with E-state index in [4.69, 9.17) is 0 Å². The smallest absolute Gasteiger partial charge is 0.282 e. The molecule has 1 aliphatic rings. The van der Waals surface area contributed by atoms with E-state index in [2.05, 4.69) is 15.4 Å². The standard InChI is InChI=1S/C18H24N2O2S.ClH/c1-16(2)15-17(20-13-7-4-8-14-20)11-12-19-23(21,22)18-9-5-3-6-10-18;/h3,5-6,9-12,15H,4,7-8,13-14H2,1-2H3;1H/b17-11+,19-12+;. The minimum atomic E-state index is -3.63. The van der Waals surface area contributed by atoms with Crippen molar-refractivity contribution in [1.29, 1.82) is 0 Å². The molecule has 0 aliphatic carbocycles. The normalized spacial score (nSPS) is 15.9. The van der Waals surface area contributed by atoms with Crippen LogP contribution in [0.15, 0.2) is 63.0 Å². The summed E-state index contributed by atoms with van der Waals surface area (Å²) in [5.41, 5.74) is 2.21. The second kappa shape index (κ2) is 9.64. The lowest BCUT2D eigenvalue weighted by molar-refractivity contribution is 0.293. The number of allylic oxidation sites excluding steroid dienone is 3. The lowest BCUT2D eigenvalue weighted by Gasteiger charge is -2.29. The van der Waals surface area contributed by atoms with E-state index in [9.17, 15) is 8.42 Å². The highest BCUT2D eigenvalue weighted by molar-refractivity contribution is 7.90. The Balaban J connectivity index is 0.00000288. The first-order valence-electron chi connectivity index (χ1n) is 7.94. The molecule has 0 saturated carbocycles. The molecule has 1 fully saturated rings. The first-order chi connectivity index (χ1) is 11.0. The van der Waals surface area contributed by atoms with Gasteiger partial charge in [0.25, 0.3) is 10.0 Å². The van der Waals surface area contributed by atoms with Gasteiger partial charge in [0.2, 0.25) is 0 Å². The molecule has 24 heavy (non-hydrogen) atoms. The molecule has 0 radical (unpaired) electrons. The Morgan fingerprint density at radius 2 is 1.71 bits per heavy atom. The van der Waals surface area contributed by atoms with Crippen LogP contribution in [0.3, 0.4) is 0 Å². The van der Waals surface area contributed by atoms with Gasteiger partial charge in [0.05, 0.1) is 4.90 Å². The zero-order valence-electron chi connectivity index (χ0n) is 14.2. The van der Waals surface area contributed by atoms with E-state index in [0.717, 1.165) is 18.8 Å². The lowest BCUT2D eigenvalue weighted by Crippen LogP contribution is -2.28. The molecule has 0 atom stereocenters. The molecule has 132 valence electrons. The fourth-order valence-electron chi connectivity index (χ4n) is 2.53. The topological polar surface area (TPSA) is 49.7 Å². The number of piperidine rings is 1. The van der Waals surface area contributed by atoms with Crippen LogP contribution in [0.4, 0.5) is 0 Å². The molecule has 0 bridgehead atoms. The Hall–Kier alpha value is -1.59. The van der Waals surface area contributed by atoms with E-state index in [0.29, 0.717) is 0 Å². The predicted molar refractivity (Wildman–Crippen MR) is 102 cm³/mol. The molecular weight excluding hydrogens is 344 g/mol. The van der Waals surface area contributed by atoms with Gasteiger partial charge in [-0.3, -0.25) is 0 Å². The summed E-state index contributed by atoms with van der Waals surface area (Å²) in [5.74, 6) is 0. The molecule has 0 amide bonds. The van der Waals surface area contributed by atoms with Crippen LogP contribution in [0, 0.1) is 0 Å². The van der Waals surface area contributed by atoms with Crippen LogP contribution < -0.4 is 0 Å². The van der Waals surface area contributed by atoms with Crippen LogP contribution in [0.1, 0.15) is 33.1 Å². The van der Waals surface area contributed by atoms with E-state index < -0.39 is 10.0 Å². The summed E-state index contributed by atoms with van der Waals surface area (Å²) >= 11 is 0. The monoisotopic (exact) mass is 368 g/mol. The Labute approximate surface area is 151 Å². The first kappa shape index (κ1) is 20.5. The molecule has 1 aromatic carbocycles. The third-order valence-electron chi connectivity index (χ3n) is 3.64. The maximum absolute atomic E-state index is 12.2. The van der Waals surface area contributed by atoms with Gasteiger partial charge in [-0.05, 0) is 57.4 Å². The Morgan fingerprint density at radius 3 is 2.29 bits per heavy atom. The SMILES string of the molecule is CC(C)=C/C(=C\C=N\S(=O)(=O)c1ccccc1)N1CCCCC1.Cl. The zero-order chi connectivity index (χ0) is 16.7. The minimum Gasteiger partial charge on any atom is -0.371 e. The summed E-state index contributed by atoms with van der Waals surface area (Å²) in [6.07, 6.45) is 8.87. The first-order valence-corrected chi connectivity index (χ1v) is 9.38. The molecule has 1 saturated heterocycles. The van der Waals surface area contributed by atoms with Crippen molar-refractivity contribution in [1.82, 2.24) is 4.90 Å². The Morgan fingerprint density at radius 1 is 1.08 bits per heavy atom. The van der Waals surface area contributed by atoms with E-state index in [-0.39, 0.29) is 17.3 Å². The number of hydrogen-bond acceptors (Lipinski definition) is 3. The molecule has 1 aliphatic heterocycles. The molecule has 6 heteroatoms. The summed E-state index contributed by atoms with van der Waals surface area (Å²) in [5, 5.41) is 0. The quantitative estimate of drug-likeness (QED) is 0.578. The number of rotatable bonds is 5. The van der Waals surface area contributed by atoms with Crippen LogP contribution in [0.5, 0.6) is 0 Å². The van der Waals surface area contributed by atoms with Crippen LogP contribution in [-0.4, -0.2) is 32.6 Å². The third kappa shape index (κ3) is 6.13. The highest BCUT2D eigenvalue weighted by Gasteiger charge is 2.12. The van der Waals surface area contributed by atoms with Gasteiger partial charge in [0.15, 0.2) is 0 Å². The number of benzene rings is 1.